The Bertz CT molecular complexity index is 1630. The lowest BCUT2D eigenvalue weighted by Gasteiger charge is -2.29. The molecule has 4 aromatic rings. The minimum atomic E-state index is -0.570. The van der Waals surface area contributed by atoms with E-state index in [-0.39, 0.29) is 5.91 Å². The highest BCUT2D eigenvalue weighted by Gasteiger charge is 2.35. The first-order chi connectivity index (χ1) is 20.9. The highest BCUT2D eigenvalue weighted by molar-refractivity contribution is 7.99. The number of methoxy groups -OCH3 is 1. The van der Waals surface area contributed by atoms with E-state index in [1.807, 2.05) is 68.4 Å². The lowest BCUT2D eigenvalue weighted by molar-refractivity contribution is -0.113. The van der Waals surface area contributed by atoms with Crippen LogP contribution in [0.1, 0.15) is 49.9 Å². The van der Waals surface area contributed by atoms with Crippen LogP contribution in [-0.4, -0.2) is 40.1 Å². The number of nitrogens with zero attached hydrogens (tertiary/aromatic N) is 3. The smallest absolute Gasteiger partial charge is 0.255 e. The average molecular weight is 600 g/mol. The molecule has 0 saturated carbocycles. The van der Waals surface area contributed by atoms with Gasteiger partial charge in [-0.05, 0) is 68.1 Å². The zero-order valence-corrected chi connectivity index (χ0v) is 26.0. The molecule has 0 aliphatic carbocycles. The van der Waals surface area contributed by atoms with Crippen molar-refractivity contribution in [2.24, 2.45) is 0 Å². The first kappa shape index (κ1) is 30.0. The molecule has 0 fully saturated rings. The first-order valence-electron chi connectivity index (χ1n) is 14.4. The number of hydrogen-bond acceptors (Lipinski definition) is 8. The summed E-state index contributed by atoms with van der Waals surface area (Å²) in [6, 6.07) is 20.7. The van der Waals surface area contributed by atoms with Crippen LogP contribution >= 0.6 is 11.8 Å². The Labute approximate surface area is 256 Å². The van der Waals surface area contributed by atoms with E-state index in [1.165, 1.54) is 0 Å². The van der Waals surface area contributed by atoms with E-state index in [0.717, 1.165) is 28.9 Å². The van der Waals surface area contributed by atoms with Crippen molar-refractivity contribution in [2.75, 3.05) is 30.1 Å². The summed E-state index contributed by atoms with van der Waals surface area (Å²) in [4.78, 5) is 18.7. The number of fused-ring (bicyclic) bond motifs is 1. The molecule has 1 aliphatic heterocycles. The van der Waals surface area contributed by atoms with Gasteiger partial charge in [-0.25, -0.2) is 4.68 Å². The van der Waals surface area contributed by atoms with E-state index in [0.29, 0.717) is 58.5 Å². The number of carbonyl (C=O) groups is 1. The Balaban J connectivity index is 1.54. The second-order valence-electron chi connectivity index (χ2n) is 10.1. The summed E-state index contributed by atoms with van der Waals surface area (Å²) in [5.41, 5.74) is 4.84. The standard InChI is InChI=1S/C33H37N5O4S/c1-6-18-43-33-36-32-34-22(4)29(31(39)35-25-14-10-11-15-26(25)40-5)30(38(32)37-33)23-16-17-27(28(19-23)41-7-2)42-20-24-13-9-8-12-21(24)3/h8-17,19,30H,6-7,18,20H2,1-5H3,(H,35,39)(H,34,36,37). The Morgan fingerprint density at radius 1 is 1.00 bits per heavy atom. The maximum atomic E-state index is 14.0. The summed E-state index contributed by atoms with van der Waals surface area (Å²) >= 11 is 1.59. The van der Waals surface area contributed by atoms with Gasteiger partial charge >= 0.3 is 0 Å². The molecule has 0 bridgehead atoms. The normalized spacial score (nSPS) is 14.1. The van der Waals surface area contributed by atoms with Gasteiger partial charge in [0.15, 0.2) is 11.5 Å². The number of allylic oxidation sites excluding steroid dienone is 1. The Kier molecular flexibility index (Phi) is 9.56. The molecule has 224 valence electrons. The summed E-state index contributed by atoms with van der Waals surface area (Å²) in [5.74, 6) is 2.98. The van der Waals surface area contributed by atoms with Crippen molar-refractivity contribution in [3.8, 4) is 17.2 Å². The van der Waals surface area contributed by atoms with Gasteiger partial charge in [-0.1, -0.05) is 61.2 Å². The molecule has 2 N–H and O–H groups in total. The van der Waals surface area contributed by atoms with Gasteiger partial charge in [0, 0.05) is 11.4 Å². The third-order valence-corrected chi connectivity index (χ3v) is 8.14. The highest BCUT2D eigenvalue weighted by atomic mass is 32.2. The fourth-order valence-corrected chi connectivity index (χ4v) is 5.62. The molecule has 9 nitrogen and oxygen atoms in total. The number of aromatic nitrogens is 3. The number of thioether (sulfide) groups is 1. The van der Waals surface area contributed by atoms with Crippen molar-refractivity contribution >= 4 is 29.3 Å². The topological polar surface area (TPSA) is 99.5 Å². The van der Waals surface area contributed by atoms with E-state index in [4.69, 9.17) is 24.3 Å². The van der Waals surface area contributed by atoms with E-state index in [1.54, 1.807) is 23.6 Å². The van der Waals surface area contributed by atoms with Crippen LogP contribution in [0, 0.1) is 6.92 Å². The third-order valence-electron chi connectivity index (χ3n) is 7.10. The van der Waals surface area contributed by atoms with Crippen LogP contribution in [-0.2, 0) is 11.4 Å². The molecule has 0 radical (unpaired) electrons. The van der Waals surface area contributed by atoms with E-state index in [2.05, 4.69) is 36.6 Å². The van der Waals surface area contributed by atoms with E-state index >= 15 is 0 Å². The molecule has 1 aromatic heterocycles. The van der Waals surface area contributed by atoms with Crippen molar-refractivity contribution in [2.45, 2.75) is 51.9 Å². The fourth-order valence-electron chi connectivity index (χ4n) is 4.94. The number of rotatable bonds is 12. The van der Waals surface area contributed by atoms with Gasteiger partial charge < -0.3 is 24.8 Å². The Hall–Kier alpha value is -4.44. The number of nitrogens with one attached hydrogen (secondary N) is 2. The lowest BCUT2D eigenvalue weighted by atomic mass is 9.94. The molecule has 0 saturated heterocycles. The van der Waals surface area contributed by atoms with Crippen molar-refractivity contribution in [1.82, 2.24) is 14.8 Å². The van der Waals surface area contributed by atoms with Gasteiger partial charge in [0.1, 0.15) is 18.4 Å². The maximum Gasteiger partial charge on any atom is 0.255 e. The minimum absolute atomic E-state index is 0.277. The molecular formula is C33H37N5O4S. The van der Waals surface area contributed by atoms with Crippen molar-refractivity contribution in [3.05, 3.63) is 94.7 Å². The predicted octanol–water partition coefficient (Wildman–Crippen LogP) is 7.00. The lowest BCUT2D eigenvalue weighted by Crippen LogP contribution is -2.31. The zero-order chi connectivity index (χ0) is 30.3. The molecule has 5 rings (SSSR count). The largest absolute Gasteiger partial charge is 0.495 e. The number of amides is 1. The van der Waals surface area contributed by atoms with Gasteiger partial charge in [-0.15, -0.1) is 5.10 Å². The van der Waals surface area contributed by atoms with Crippen LogP contribution in [0.3, 0.4) is 0 Å². The van der Waals surface area contributed by atoms with Gasteiger partial charge in [0.25, 0.3) is 5.91 Å². The summed E-state index contributed by atoms with van der Waals surface area (Å²) < 4.78 is 19.6. The summed E-state index contributed by atoms with van der Waals surface area (Å²) in [5, 5.41) is 11.8. The van der Waals surface area contributed by atoms with Gasteiger partial charge in [-0.2, -0.15) is 4.98 Å². The Morgan fingerprint density at radius 2 is 1.79 bits per heavy atom. The van der Waals surface area contributed by atoms with Crippen molar-refractivity contribution < 1.29 is 19.0 Å². The summed E-state index contributed by atoms with van der Waals surface area (Å²) in [7, 11) is 1.58. The van der Waals surface area contributed by atoms with Gasteiger partial charge in [0.2, 0.25) is 11.1 Å². The fraction of sp³-hybridized carbons (Fsp3) is 0.303. The quantitative estimate of drug-likeness (QED) is 0.168. The van der Waals surface area contributed by atoms with Crippen LogP contribution in [0.4, 0.5) is 11.6 Å². The van der Waals surface area contributed by atoms with E-state index in [9.17, 15) is 4.79 Å². The minimum Gasteiger partial charge on any atom is -0.495 e. The van der Waals surface area contributed by atoms with Gasteiger partial charge in [-0.3, -0.25) is 4.79 Å². The molecule has 10 heteroatoms. The molecule has 1 atom stereocenters. The summed E-state index contributed by atoms with van der Waals surface area (Å²) in [6.45, 7) is 8.87. The number of aryl methyl sites for hydroxylation is 1. The predicted molar refractivity (Wildman–Crippen MR) is 170 cm³/mol. The maximum absolute atomic E-state index is 14.0. The Morgan fingerprint density at radius 3 is 2.56 bits per heavy atom. The third kappa shape index (κ3) is 6.64. The molecule has 1 unspecified atom stereocenters. The highest BCUT2D eigenvalue weighted by Crippen LogP contribution is 2.40. The van der Waals surface area contributed by atoms with Crippen LogP contribution in [0.2, 0.25) is 0 Å². The second-order valence-corrected chi connectivity index (χ2v) is 11.1. The molecule has 0 spiro atoms. The monoisotopic (exact) mass is 599 g/mol. The van der Waals surface area contributed by atoms with Crippen LogP contribution in [0.15, 0.2) is 83.2 Å². The zero-order valence-electron chi connectivity index (χ0n) is 25.1. The van der Waals surface area contributed by atoms with Crippen LogP contribution in [0.25, 0.3) is 0 Å². The SMILES string of the molecule is CCCSc1nc2n(n1)C(c1ccc(OCc3ccccc3C)c(OCC)c1)C(C(=O)Nc1ccccc1OC)=C(C)N2. The molecule has 1 aliphatic rings. The molecule has 3 aromatic carbocycles. The molecule has 43 heavy (non-hydrogen) atoms. The van der Waals surface area contributed by atoms with Crippen LogP contribution in [0.5, 0.6) is 17.2 Å². The molecule has 1 amide bonds. The van der Waals surface area contributed by atoms with Crippen molar-refractivity contribution in [1.29, 1.82) is 0 Å². The molecular weight excluding hydrogens is 562 g/mol. The first-order valence-corrected chi connectivity index (χ1v) is 15.4. The number of anilines is 2. The van der Waals surface area contributed by atoms with Crippen molar-refractivity contribution in [3.63, 3.8) is 0 Å². The molecule has 2 heterocycles. The second kappa shape index (κ2) is 13.7. The average Bonchev–Trinajstić information content (AvgIpc) is 3.42. The number of para-hydroxylation sites is 2. The number of carbonyl (C=O) groups excluding carboxylic acids is 1. The van der Waals surface area contributed by atoms with Gasteiger partial charge in [0.05, 0.1) is 25.0 Å². The van der Waals surface area contributed by atoms with E-state index < -0.39 is 6.04 Å². The number of ether oxygens (including phenoxy) is 3. The van der Waals surface area contributed by atoms with Crippen LogP contribution < -0.4 is 24.8 Å². The summed E-state index contributed by atoms with van der Waals surface area (Å²) in [6.07, 6.45) is 0.997. The number of benzene rings is 3. The number of hydrogen-bond donors (Lipinski definition) is 2.